The van der Waals surface area contributed by atoms with E-state index in [-0.39, 0.29) is 29.0 Å². The van der Waals surface area contributed by atoms with Gasteiger partial charge in [0.1, 0.15) is 0 Å². The second-order valence-corrected chi connectivity index (χ2v) is 6.91. The smallest absolute Gasteiger partial charge is 0.274 e. The van der Waals surface area contributed by atoms with Crippen molar-refractivity contribution in [2.24, 2.45) is 17.6 Å². The van der Waals surface area contributed by atoms with Gasteiger partial charge >= 0.3 is 0 Å². The molecule has 25 heavy (non-hydrogen) atoms. The number of carbonyl (C=O) groups excluding carboxylic acids is 2. The van der Waals surface area contributed by atoms with Gasteiger partial charge in [0.05, 0.1) is 11.3 Å². The number of aromatic nitrogens is 2. The van der Waals surface area contributed by atoms with Crippen LogP contribution < -0.4 is 11.3 Å². The van der Waals surface area contributed by atoms with Gasteiger partial charge in [-0.25, -0.2) is 4.68 Å². The van der Waals surface area contributed by atoms with E-state index < -0.39 is 5.91 Å². The quantitative estimate of drug-likeness (QED) is 0.896. The van der Waals surface area contributed by atoms with Crippen LogP contribution in [-0.2, 0) is 11.3 Å². The van der Waals surface area contributed by atoms with Gasteiger partial charge < -0.3 is 10.6 Å². The zero-order chi connectivity index (χ0) is 18.1. The molecule has 1 fully saturated rings. The number of fused-ring (bicyclic) bond motifs is 1. The summed E-state index contributed by atoms with van der Waals surface area (Å²) in [6, 6.07) is 7.00. The Labute approximate surface area is 145 Å². The summed E-state index contributed by atoms with van der Waals surface area (Å²) in [5, 5.41) is 5.37. The number of likely N-dealkylation sites (tertiary alicyclic amines) is 1. The topological polar surface area (TPSA) is 98.3 Å². The van der Waals surface area contributed by atoms with Crippen molar-refractivity contribution in [2.45, 2.75) is 26.8 Å². The number of nitrogens with two attached hydrogens (primary N) is 1. The van der Waals surface area contributed by atoms with Crippen molar-refractivity contribution in [1.82, 2.24) is 14.7 Å². The minimum Gasteiger partial charge on any atom is -0.369 e. The van der Waals surface area contributed by atoms with Crippen molar-refractivity contribution in [3.05, 3.63) is 40.3 Å². The van der Waals surface area contributed by atoms with Gasteiger partial charge in [0.15, 0.2) is 5.69 Å². The fourth-order valence-corrected chi connectivity index (χ4v) is 3.19. The van der Waals surface area contributed by atoms with E-state index in [0.29, 0.717) is 36.8 Å². The molecule has 1 aromatic carbocycles. The number of hydrogen-bond donors (Lipinski definition) is 1. The molecule has 1 atom stereocenters. The molecular weight excluding hydrogens is 320 g/mol. The molecule has 0 aliphatic carbocycles. The molecule has 0 radical (unpaired) electrons. The second kappa shape index (κ2) is 6.66. The highest BCUT2D eigenvalue weighted by Gasteiger charge is 2.32. The van der Waals surface area contributed by atoms with Crippen LogP contribution in [0.3, 0.4) is 0 Å². The molecule has 1 saturated heterocycles. The Morgan fingerprint density at radius 3 is 2.56 bits per heavy atom. The number of benzene rings is 1. The highest BCUT2D eigenvalue weighted by Crippen LogP contribution is 2.21. The van der Waals surface area contributed by atoms with Gasteiger partial charge in [-0.2, -0.15) is 5.10 Å². The van der Waals surface area contributed by atoms with E-state index in [1.165, 1.54) is 4.68 Å². The Morgan fingerprint density at radius 1 is 1.28 bits per heavy atom. The summed E-state index contributed by atoms with van der Waals surface area (Å²) in [7, 11) is 0. The molecule has 0 spiro atoms. The standard InChI is InChI=1S/C18H22N4O3/c1-11(2)9-22-17(24)14-6-4-3-5-13(14)15(20-22)18(25)21-8-7-12(10-21)16(19)23/h3-6,11-12H,7-10H2,1-2H3,(H2,19,23)/t12-/m0/s1. The van der Waals surface area contributed by atoms with Gasteiger partial charge in [0, 0.05) is 25.0 Å². The molecular formula is C18H22N4O3. The summed E-state index contributed by atoms with van der Waals surface area (Å²) in [5.41, 5.74) is 5.40. The van der Waals surface area contributed by atoms with Crippen LogP contribution >= 0.6 is 0 Å². The molecule has 2 aromatic rings. The average molecular weight is 342 g/mol. The van der Waals surface area contributed by atoms with Crippen molar-refractivity contribution >= 4 is 22.6 Å². The zero-order valence-corrected chi connectivity index (χ0v) is 14.4. The third-order valence-electron chi connectivity index (χ3n) is 4.49. The Morgan fingerprint density at radius 2 is 1.96 bits per heavy atom. The van der Waals surface area contributed by atoms with E-state index >= 15 is 0 Å². The molecule has 2 N–H and O–H groups in total. The molecule has 0 saturated carbocycles. The highest BCUT2D eigenvalue weighted by atomic mass is 16.2. The number of hydrogen-bond acceptors (Lipinski definition) is 4. The van der Waals surface area contributed by atoms with Gasteiger partial charge in [-0.3, -0.25) is 14.4 Å². The summed E-state index contributed by atoms with van der Waals surface area (Å²) in [5.74, 6) is -0.757. The first-order valence-electron chi connectivity index (χ1n) is 8.47. The van der Waals surface area contributed by atoms with Crippen LogP contribution in [0.2, 0.25) is 0 Å². The molecule has 3 rings (SSSR count). The molecule has 1 aliphatic rings. The van der Waals surface area contributed by atoms with E-state index in [1.54, 1.807) is 29.2 Å². The minimum absolute atomic E-state index is 0.197. The minimum atomic E-state index is -0.391. The molecule has 7 nitrogen and oxygen atoms in total. The van der Waals surface area contributed by atoms with Crippen LogP contribution in [0.1, 0.15) is 30.8 Å². The summed E-state index contributed by atoms with van der Waals surface area (Å²) in [6.07, 6.45) is 0.560. The Balaban J connectivity index is 2.06. The third-order valence-corrected chi connectivity index (χ3v) is 4.49. The van der Waals surface area contributed by atoms with Crippen LogP contribution in [0.25, 0.3) is 10.8 Å². The van der Waals surface area contributed by atoms with Gasteiger partial charge in [0.2, 0.25) is 5.91 Å². The predicted molar refractivity (Wildman–Crippen MR) is 94.0 cm³/mol. The van der Waals surface area contributed by atoms with E-state index in [4.69, 9.17) is 5.73 Å². The van der Waals surface area contributed by atoms with E-state index in [9.17, 15) is 14.4 Å². The first kappa shape index (κ1) is 17.1. The van der Waals surface area contributed by atoms with E-state index in [0.717, 1.165) is 0 Å². The lowest BCUT2D eigenvalue weighted by molar-refractivity contribution is -0.121. The molecule has 132 valence electrons. The Hall–Kier alpha value is -2.70. The van der Waals surface area contributed by atoms with Gasteiger partial charge in [0.25, 0.3) is 11.5 Å². The van der Waals surface area contributed by atoms with Gasteiger partial charge in [-0.1, -0.05) is 32.0 Å². The highest BCUT2D eigenvalue weighted by molar-refractivity contribution is 6.05. The van der Waals surface area contributed by atoms with Crippen molar-refractivity contribution in [3.63, 3.8) is 0 Å². The van der Waals surface area contributed by atoms with Crippen LogP contribution in [-0.4, -0.2) is 39.6 Å². The summed E-state index contributed by atoms with van der Waals surface area (Å²) in [6.45, 7) is 5.18. The lowest BCUT2D eigenvalue weighted by atomic mass is 10.1. The fraction of sp³-hybridized carbons (Fsp3) is 0.444. The summed E-state index contributed by atoms with van der Waals surface area (Å²) < 4.78 is 1.36. The molecule has 7 heteroatoms. The Bertz CT molecular complexity index is 888. The maximum absolute atomic E-state index is 13.0. The van der Waals surface area contributed by atoms with Crippen molar-refractivity contribution in [2.75, 3.05) is 13.1 Å². The number of primary amides is 1. The number of nitrogens with zero attached hydrogens (tertiary/aromatic N) is 3. The van der Waals surface area contributed by atoms with Crippen LogP contribution in [0.4, 0.5) is 0 Å². The van der Waals surface area contributed by atoms with Crippen LogP contribution in [0.5, 0.6) is 0 Å². The van der Waals surface area contributed by atoms with Crippen LogP contribution in [0, 0.1) is 11.8 Å². The lowest BCUT2D eigenvalue weighted by Gasteiger charge is -2.18. The van der Waals surface area contributed by atoms with Gasteiger partial charge in [-0.05, 0) is 18.4 Å². The van der Waals surface area contributed by atoms with Gasteiger partial charge in [-0.15, -0.1) is 0 Å². The third kappa shape index (κ3) is 3.26. The molecule has 2 heterocycles. The maximum Gasteiger partial charge on any atom is 0.274 e. The molecule has 1 aliphatic heterocycles. The maximum atomic E-state index is 13.0. The first-order chi connectivity index (χ1) is 11.9. The normalized spacial score (nSPS) is 17.4. The summed E-state index contributed by atoms with van der Waals surface area (Å²) in [4.78, 5) is 38.5. The average Bonchev–Trinajstić information content (AvgIpc) is 3.07. The molecule has 2 amide bonds. The fourth-order valence-electron chi connectivity index (χ4n) is 3.19. The van der Waals surface area contributed by atoms with Crippen LogP contribution in [0.15, 0.2) is 29.1 Å². The molecule has 0 unspecified atom stereocenters. The summed E-state index contributed by atoms with van der Waals surface area (Å²) >= 11 is 0. The lowest BCUT2D eigenvalue weighted by Crippen LogP contribution is -2.35. The van der Waals surface area contributed by atoms with E-state index in [1.807, 2.05) is 13.8 Å². The van der Waals surface area contributed by atoms with Crippen molar-refractivity contribution in [3.8, 4) is 0 Å². The zero-order valence-electron chi connectivity index (χ0n) is 14.4. The monoisotopic (exact) mass is 342 g/mol. The Kier molecular flexibility index (Phi) is 4.57. The predicted octanol–water partition coefficient (Wildman–Crippen LogP) is 1.000. The molecule has 0 bridgehead atoms. The van der Waals surface area contributed by atoms with Crippen molar-refractivity contribution in [1.29, 1.82) is 0 Å². The second-order valence-electron chi connectivity index (χ2n) is 6.91. The van der Waals surface area contributed by atoms with E-state index in [2.05, 4.69) is 5.10 Å². The first-order valence-corrected chi connectivity index (χ1v) is 8.47. The molecule has 1 aromatic heterocycles. The number of rotatable bonds is 4. The largest absolute Gasteiger partial charge is 0.369 e. The SMILES string of the molecule is CC(C)Cn1nc(C(=O)N2CC[C@H](C(N)=O)C2)c2ccccc2c1=O. The number of carbonyl (C=O) groups is 2. The number of amides is 2. The van der Waals surface area contributed by atoms with Crippen molar-refractivity contribution < 1.29 is 9.59 Å².